The third kappa shape index (κ3) is 3.15. The first-order chi connectivity index (χ1) is 8.94. The van der Waals surface area contributed by atoms with Crippen molar-refractivity contribution in [2.45, 2.75) is 38.9 Å². The first kappa shape index (κ1) is 14.5. The Morgan fingerprint density at radius 3 is 2.37 bits per heavy atom. The molecule has 1 unspecified atom stereocenters. The molecule has 0 aliphatic rings. The van der Waals surface area contributed by atoms with Crippen LogP contribution in [0.2, 0.25) is 0 Å². The van der Waals surface area contributed by atoms with Gasteiger partial charge in [0.2, 0.25) is 0 Å². The second kappa shape index (κ2) is 5.59. The monoisotopic (exact) mass is 292 g/mol. The third-order valence-electron chi connectivity index (χ3n) is 3.47. The van der Waals surface area contributed by atoms with Crippen LogP contribution in [0.25, 0.3) is 0 Å². The maximum atomic E-state index is 5.97. The zero-order valence-electron chi connectivity index (χ0n) is 11.9. The largest absolute Gasteiger partial charge is 0.446 e. The van der Waals surface area contributed by atoms with Crippen LogP contribution in [-0.4, -0.2) is 0 Å². The molecule has 1 atom stereocenters. The average Bonchev–Trinajstić information content (AvgIpc) is 2.86. The van der Waals surface area contributed by atoms with Gasteiger partial charge in [-0.2, -0.15) is 12.6 Å². The molecule has 2 rings (SSSR count). The lowest BCUT2D eigenvalue weighted by Crippen LogP contribution is -2.12. The van der Waals surface area contributed by atoms with Gasteiger partial charge in [-0.3, -0.25) is 0 Å². The second-order valence-corrected chi connectivity index (χ2v) is 7.00. The topological polar surface area (TPSA) is 9.23 Å². The molecular formula is C16H20OS2. The number of aryl methyl sites for hydroxylation is 2. The molecule has 1 heterocycles. The fourth-order valence-electron chi connectivity index (χ4n) is 2.05. The summed E-state index contributed by atoms with van der Waals surface area (Å²) in [5.41, 5.74) is 3.58. The van der Waals surface area contributed by atoms with E-state index in [1.54, 1.807) is 11.3 Å². The Bertz CT molecular complexity index is 533. The van der Waals surface area contributed by atoms with Crippen molar-refractivity contribution in [2.75, 3.05) is 0 Å². The molecule has 0 aliphatic heterocycles. The van der Waals surface area contributed by atoms with Crippen molar-refractivity contribution < 1.29 is 4.74 Å². The normalized spacial score (nSPS) is 14.2. The molecule has 0 fully saturated rings. The molecule has 0 saturated carbocycles. The zero-order valence-corrected chi connectivity index (χ0v) is 13.6. The van der Waals surface area contributed by atoms with Crippen LogP contribution in [0, 0.1) is 13.8 Å². The van der Waals surface area contributed by atoms with E-state index in [4.69, 9.17) is 17.4 Å². The van der Waals surface area contributed by atoms with Gasteiger partial charge >= 0.3 is 0 Å². The molecule has 0 N–H and O–H groups in total. The Morgan fingerprint density at radius 2 is 1.89 bits per heavy atom. The van der Waals surface area contributed by atoms with Crippen LogP contribution in [-0.2, 0) is 4.75 Å². The lowest BCUT2D eigenvalue weighted by Gasteiger charge is -2.24. The van der Waals surface area contributed by atoms with E-state index in [0.29, 0.717) is 0 Å². The first-order valence-electron chi connectivity index (χ1n) is 6.49. The molecule has 102 valence electrons. The van der Waals surface area contributed by atoms with E-state index in [1.165, 1.54) is 5.56 Å². The van der Waals surface area contributed by atoms with E-state index in [1.807, 2.05) is 17.5 Å². The maximum Gasteiger partial charge on any atom is 0.180 e. The summed E-state index contributed by atoms with van der Waals surface area (Å²) in [6.07, 6.45) is 1.00. The highest BCUT2D eigenvalue weighted by atomic mass is 32.1. The van der Waals surface area contributed by atoms with Crippen LogP contribution in [0.1, 0.15) is 37.0 Å². The van der Waals surface area contributed by atoms with Crippen LogP contribution >= 0.6 is 24.0 Å². The molecule has 19 heavy (non-hydrogen) atoms. The highest BCUT2D eigenvalue weighted by Gasteiger charge is 2.21. The fourth-order valence-corrected chi connectivity index (χ4v) is 2.76. The Hall–Kier alpha value is -0.930. The van der Waals surface area contributed by atoms with Gasteiger partial charge in [-0.05, 0) is 61.4 Å². The number of benzene rings is 1. The average molecular weight is 292 g/mol. The van der Waals surface area contributed by atoms with Gasteiger partial charge in [-0.1, -0.05) is 19.1 Å². The van der Waals surface area contributed by atoms with Crippen molar-refractivity contribution in [3.8, 4) is 10.8 Å². The van der Waals surface area contributed by atoms with Gasteiger partial charge in [-0.15, -0.1) is 11.3 Å². The lowest BCUT2D eigenvalue weighted by atomic mass is 9.93. The number of ether oxygens (including phenoxy) is 1. The van der Waals surface area contributed by atoms with Crippen LogP contribution < -0.4 is 4.74 Å². The van der Waals surface area contributed by atoms with Crippen molar-refractivity contribution in [3.05, 3.63) is 46.3 Å². The first-order valence-corrected chi connectivity index (χ1v) is 7.82. The number of thiol groups is 1. The number of hydrogen-bond acceptors (Lipinski definition) is 3. The summed E-state index contributed by atoms with van der Waals surface area (Å²) in [4.78, 5) is 0. The molecule has 0 radical (unpaired) electrons. The van der Waals surface area contributed by atoms with Gasteiger partial charge in [0.15, 0.2) is 5.06 Å². The number of thiophene rings is 1. The maximum absolute atomic E-state index is 5.97. The standard InChI is InChI=1S/C16H20OS2/c1-5-16(4,18)13-9-11(2)15(12(3)10-13)17-14-7-6-8-19-14/h6-10,18H,5H2,1-4H3. The lowest BCUT2D eigenvalue weighted by molar-refractivity contribution is 0.487. The van der Waals surface area contributed by atoms with E-state index in [2.05, 4.69) is 39.8 Å². The number of rotatable bonds is 4. The van der Waals surface area contributed by atoms with Crippen LogP contribution in [0.4, 0.5) is 0 Å². The minimum absolute atomic E-state index is 0.0863. The minimum atomic E-state index is -0.0863. The molecule has 1 aromatic carbocycles. The smallest absolute Gasteiger partial charge is 0.180 e. The Balaban J connectivity index is 2.37. The Labute approximate surface area is 125 Å². The summed E-state index contributed by atoms with van der Waals surface area (Å²) in [6.45, 7) is 8.51. The van der Waals surface area contributed by atoms with Gasteiger partial charge < -0.3 is 4.74 Å². The van der Waals surface area contributed by atoms with Crippen LogP contribution in [0.3, 0.4) is 0 Å². The summed E-state index contributed by atoms with van der Waals surface area (Å²) in [6, 6.07) is 8.37. The van der Waals surface area contributed by atoms with E-state index in [9.17, 15) is 0 Å². The van der Waals surface area contributed by atoms with Crippen molar-refractivity contribution in [3.63, 3.8) is 0 Å². The summed E-state index contributed by atoms with van der Waals surface area (Å²) < 4.78 is 5.89. The molecule has 0 amide bonds. The minimum Gasteiger partial charge on any atom is -0.446 e. The second-order valence-electron chi connectivity index (χ2n) is 5.10. The Kier molecular flexibility index (Phi) is 4.26. The van der Waals surface area contributed by atoms with Crippen LogP contribution in [0.5, 0.6) is 10.8 Å². The third-order valence-corrected chi connectivity index (χ3v) is 4.79. The predicted molar refractivity (Wildman–Crippen MR) is 86.9 cm³/mol. The summed E-state index contributed by atoms with van der Waals surface area (Å²) in [5, 5.41) is 2.96. The van der Waals surface area contributed by atoms with E-state index >= 15 is 0 Å². The Morgan fingerprint density at radius 1 is 1.26 bits per heavy atom. The summed E-state index contributed by atoms with van der Waals surface area (Å²) in [5.74, 6) is 0.964. The van der Waals surface area contributed by atoms with E-state index < -0.39 is 0 Å². The van der Waals surface area contributed by atoms with Gasteiger partial charge in [0, 0.05) is 4.75 Å². The summed E-state index contributed by atoms with van der Waals surface area (Å²) in [7, 11) is 0. The predicted octanol–water partition coefficient (Wildman–Crippen LogP) is 5.71. The van der Waals surface area contributed by atoms with Crippen molar-refractivity contribution in [1.29, 1.82) is 0 Å². The zero-order chi connectivity index (χ0) is 14.0. The fraction of sp³-hybridized carbons (Fsp3) is 0.375. The van der Waals surface area contributed by atoms with Crippen molar-refractivity contribution in [1.82, 2.24) is 0 Å². The highest BCUT2D eigenvalue weighted by molar-refractivity contribution is 7.81. The van der Waals surface area contributed by atoms with Gasteiger partial charge in [0.05, 0.1) is 0 Å². The molecule has 0 saturated heterocycles. The van der Waals surface area contributed by atoms with E-state index in [-0.39, 0.29) is 4.75 Å². The molecule has 0 spiro atoms. The summed E-state index contributed by atoms with van der Waals surface area (Å²) >= 11 is 6.37. The van der Waals surface area contributed by atoms with E-state index in [0.717, 1.165) is 28.4 Å². The molecule has 0 bridgehead atoms. The van der Waals surface area contributed by atoms with Crippen LogP contribution in [0.15, 0.2) is 29.6 Å². The molecule has 3 heteroatoms. The van der Waals surface area contributed by atoms with Crippen molar-refractivity contribution in [2.24, 2.45) is 0 Å². The highest BCUT2D eigenvalue weighted by Crippen LogP contribution is 2.38. The molecule has 1 nitrogen and oxygen atoms in total. The molecule has 2 aromatic rings. The SMILES string of the molecule is CCC(C)(S)c1cc(C)c(Oc2cccs2)c(C)c1. The number of hydrogen-bond donors (Lipinski definition) is 1. The van der Waals surface area contributed by atoms with Gasteiger partial charge in [0.25, 0.3) is 0 Å². The van der Waals surface area contributed by atoms with Gasteiger partial charge in [-0.25, -0.2) is 0 Å². The molecule has 1 aromatic heterocycles. The quantitative estimate of drug-likeness (QED) is 0.710. The molecule has 0 aliphatic carbocycles. The molecular weight excluding hydrogens is 272 g/mol. The van der Waals surface area contributed by atoms with Gasteiger partial charge in [0.1, 0.15) is 5.75 Å². The van der Waals surface area contributed by atoms with Crippen molar-refractivity contribution >= 4 is 24.0 Å².